The van der Waals surface area contributed by atoms with E-state index < -0.39 is 0 Å². The standard InChI is InChI=1S/C9H13BrN2/c1-7(10)8-3-5-12-6-4-9(8)11-2/h12H,1-6H2. The summed E-state index contributed by atoms with van der Waals surface area (Å²) in [6.45, 7) is 9.41. The molecule has 1 N–H and O–H groups in total. The van der Waals surface area contributed by atoms with Gasteiger partial charge < -0.3 is 5.32 Å². The average Bonchev–Trinajstić information content (AvgIpc) is 2.27. The van der Waals surface area contributed by atoms with Crippen molar-refractivity contribution in [2.24, 2.45) is 4.99 Å². The fourth-order valence-electron chi connectivity index (χ4n) is 1.31. The van der Waals surface area contributed by atoms with Gasteiger partial charge in [-0.15, -0.1) is 0 Å². The number of nitrogens with one attached hydrogen (secondary N) is 1. The van der Waals surface area contributed by atoms with Gasteiger partial charge in [0, 0.05) is 23.1 Å². The Morgan fingerprint density at radius 1 is 1.42 bits per heavy atom. The van der Waals surface area contributed by atoms with Crippen molar-refractivity contribution in [2.45, 2.75) is 12.8 Å². The minimum Gasteiger partial charge on any atom is -0.316 e. The van der Waals surface area contributed by atoms with Gasteiger partial charge in [0.25, 0.3) is 0 Å². The van der Waals surface area contributed by atoms with Gasteiger partial charge in [-0.05, 0) is 25.3 Å². The lowest BCUT2D eigenvalue weighted by Crippen LogP contribution is -2.14. The van der Waals surface area contributed by atoms with E-state index >= 15 is 0 Å². The molecule has 3 heteroatoms. The molecule has 66 valence electrons. The molecule has 0 amide bonds. The lowest BCUT2D eigenvalue weighted by Gasteiger charge is -2.05. The highest BCUT2D eigenvalue weighted by atomic mass is 79.9. The number of halogens is 1. The molecule has 0 aromatic heterocycles. The molecular weight excluding hydrogens is 216 g/mol. The van der Waals surface area contributed by atoms with Crippen molar-refractivity contribution in [3.63, 3.8) is 0 Å². The average molecular weight is 229 g/mol. The van der Waals surface area contributed by atoms with Crippen LogP contribution in [0, 0.1) is 0 Å². The van der Waals surface area contributed by atoms with E-state index in [9.17, 15) is 0 Å². The monoisotopic (exact) mass is 228 g/mol. The Balaban J connectivity index is 2.89. The smallest absolute Gasteiger partial charge is 0.0452 e. The molecule has 2 nitrogen and oxygen atoms in total. The van der Waals surface area contributed by atoms with Gasteiger partial charge in [0.15, 0.2) is 0 Å². The Hall–Kier alpha value is -0.410. The summed E-state index contributed by atoms with van der Waals surface area (Å²) in [5.74, 6) is 0. The van der Waals surface area contributed by atoms with Gasteiger partial charge in [0.05, 0.1) is 0 Å². The van der Waals surface area contributed by atoms with Crippen molar-refractivity contribution in [2.75, 3.05) is 13.1 Å². The largest absolute Gasteiger partial charge is 0.316 e. The molecule has 12 heavy (non-hydrogen) atoms. The van der Waals surface area contributed by atoms with Crippen LogP contribution in [0.5, 0.6) is 0 Å². The first-order valence-corrected chi connectivity index (χ1v) is 4.79. The highest BCUT2D eigenvalue weighted by molar-refractivity contribution is 9.11. The topological polar surface area (TPSA) is 24.4 Å². The molecule has 0 aromatic rings. The van der Waals surface area contributed by atoms with Crippen molar-refractivity contribution >= 4 is 22.6 Å². The van der Waals surface area contributed by atoms with Gasteiger partial charge in [-0.1, -0.05) is 22.5 Å². The molecule has 0 aromatic carbocycles. The second-order valence-corrected chi connectivity index (χ2v) is 3.70. The van der Waals surface area contributed by atoms with E-state index in [2.05, 4.69) is 39.5 Å². The summed E-state index contributed by atoms with van der Waals surface area (Å²) < 4.78 is 0.939. The molecule has 0 unspecified atom stereocenters. The minimum absolute atomic E-state index is 0.939. The zero-order valence-electron chi connectivity index (χ0n) is 7.07. The Kier molecular flexibility index (Phi) is 3.69. The van der Waals surface area contributed by atoms with Crippen LogP contribution >= 0.6 is 15.9 Å². The summed E-state index contributed by atoms with van der Waals surface area (Å²) in [4.78, 5) is 4.01. The first-order valence-electron chi connectivity index (χ1n) is 4.00. The van der Waals surface area contributed by atoms with E-state index in [1.165, 1.54) is 5.57 Å². The van der Waals surface area contributed by atoms with Crippen LogP contribution in [-0.2, 0) is 0 Å². The Bertz CT molecular complexity index is 231. The van der Waals surface area contributed by atoms with Crippen LogP contribution in [0.25, 0.3) is 0 Å². The van der Waals surface area contributed by atoms with E-state index in [4.69, 9.17) is 0 Å². The first kappa shape index (κ1) is 9.68. The van der Waals surface area contributed by atoms with Crippen LogP contribution in [0.3, 0.4) is 0 Å². The molecule has 0 fully saturated rings. The normalized spacial score (nSPS) is 18.8. The molecule has 1 aliphatic rings. The van der Waals surface area contributed by atoms with Gasteiger partial charge >= 0.3 is 0 Å². The number of allylic oxidation sites excluding steroid dienone is 1. The maximum absolute atomic E-state index is 4.01. The van der Waals surface area contributed by atoms with E-state index in [0.717, 1.165) is 36.1 Å². The lowest BCUT2D eigenvalue weighted by molar-refractivity contribution is 0.707. The third-order valence-electron chi connectivity index (χ3n) is 1.96. The molecular formula is C9H13BrN2. The summed E-state index contributed by atoms with van der Waals surface area (Å²) in [5.41, 5.74) is 2.27. The number of aliphatic imine (C=N–C) groups is 1. The third-order valence-corrected chi connectivity index (χ3v) is 2.44. The van der Waals surface area contributed by atoms with E-state index in [1.54, 1.807) is 0 Å². The lowest BCUT2D eigenvalue weighted by atomic mass is 10.1. The second-order valence-electron chi connectivity index (χ2n) is 2.74. The first-order chi connectivity index (χ1) is 5.75. The highest BCUT2D eigenvalue weighted by Crippen LogP contribution is 2.25. The zero-order valence-corrected chi connectivity index (χ0v) is 8.65. The summed E-state index contributed by atoms with van der Waals surface area (Å²) in [5, 5.41) is 3.30. The van der Waals surface area contributed by atoms with Gasteiger partial charge in [-0.25, -0.2) is 0 Å². The Labute approximate surface area is 81.6 Å². The summed E-state index contributed by atoms with van der Waals surface area (Å²) in [7, 11) is 0. The van der Waals surface area contributed by atoms with Crippen LogP contribution in [0.4, 0.5) is 0 Å². The van der Waals surface area contributed by atoms with Crippen LogP contribution < -0.4 is 5.32 Å². The fraction of sp³-hybridized carbons (Fsp3) is 0.444. The zero-order chi connectivity index (χ0) is 8.97. The van der Waals surface area contributed by atoms with Crippen molar-refractivity contribution in [3.8, 4) is 0 Å². The van der Waals surface area contributed by atoms with Gasteiger partial charge in [0.1, 0.15) is 0 Å². The quantitative estimate of drug-likeness (QED) is 0.721. The number of rotatable bonds is 2. The summed E-state index contributed by atoms with van der Waals surface area (Å²) >= 11 is 3.38. The van der Waals surface area contributed by atoms with Crippen LogP contribution in [0.15, 0.2) is 27.3 Å². The van der Waals surface area contributed by atoms with E-state index in [1.807, 2.05) is 0 Å². The molecule has 0 bridgehead atoms. The molecule has 0 saturated heterocycles. The van der Waals surface area contributed by atoms with Crippen LogP contribution in [-0.4, -0.2) is 19.8 Å². The molecule has 0 saturated carbocycles. The molecule has 0 aliphatic carbocycles. The van der Waals surface area contributed by atoms with Gasteiger partial charge in [0.2, 0.25) is 0 Å². The summed E-state index contributed by atoms with van der Waals surface area (Å²) in [6, 6.07) is 0. The molecule has 0 spiro atoms. The number of hydrogen-bond acceptors (Lipinski definition) is 2. The molecule has 1 aliphatic heterocycles. The number of nitrogens with zero attached hydrogens (tertiary/aromatic N) is 1. The molecule has 1 heterocycles. The van der Waals surface area contributed by atoms with Crippen LogP contribution in [0.1, 0.15) is 12.8 Å². The molecule has 0 atom stereocenters. The van der Waals surface area contributed by atoms with E-state index in [0.29, 0.717) is 0 Å². The van der Waals surface area contributed by atoms with Crippen molar-refractivity contribution in [1.29, 1.82) is 0 Å². The molecule has 0 radical (unpaired) electrons. The van der Waals surface area contributed by atoms with Gasteiger partial charge in [-0.2, -0.15) is 0 Å². The van der Waals surface area contributed by atoms with Crippen molar-refractivity contribution in [3.05, 3.63) is 22.3 Å². The Morgan fingerprint density at radius 3 is 2.67 bits per heavy atom. The maximum atomic E-state index is 4.01. The second kappa shape index (κ2) is 4.58. The third kappa shape index (κ3) is 2.29. The highest BCUT2D eigenvalue weighted by Gasteiger charge is 2.10. The van der Waals surface area contributed by atoms with E-state index in [-0.39, 0.29) is 0 Å². The predicted octanol–water partition coefficient (Wildman–Crippen LogP) is 2.23. The Morgan fingerprint density at radius 2 is 2.08 bits per heavy atom. The fourth-order valence-corrected chi connectivity index (χ4v) is 1.73. The van der Waals surface area contributed by atoms with Crippen molar-refractivity contribution in [1.82, 2.24) is 5.32 Å². The SMILES string of the molecule is C=NC1=C(C(=C)Br)CCNCC1. The molecule has 1 rings (SSSR count). The summed E-state index contributed by atoms with van der Waals surface area (Å²) in [6.07, 6.45) is 1.93. The predicted molar refractivity (Wildman–Crippen MR) is 56.7 cm³/mol. The van der Waals surface area contributed by atoms with Crippen LogP contribution in [0.2, 0.25) is 0 Å². The van der Waals surface area contributed by atoms with Crippen molar-refractivity contribution < 1.29 is 0 Å². The van der Waals surface area contributed by atoms with Gasteiger partial charge in [-0.3, -0.25) is 4.99 Å². The number of hydrogen-bond donors (Lipinski definition) is 1. The maximum Gasteiger partial charge on any atom is 0.0452 e. The minimum atomic E-state index is 0.939.